The molecule has 1 N–H and O–H groups in total. The second kappa shape index (κ2) is 5.80. The summed E-state index contributed by atoms with van der Waals surface area (Å²) < 4.78 is 16.1. The van der Waals surface area contributed by atoms with Gasteiger partial charge in [0.05, 0.1) is 31.5 Å². The van der Waals surface area contributed by atoms with Crippen LogP contribution >= 0.6 is 0 Å². The predicted molar refractivity (Wildman–Crippen MR) is 72.7 cm³/mol. The van der Waals surface area contributed by atoms with E-state index in [1.54, 1.807) is 21.3 Å². The van der Waals surface area contributed by atoms with E-state index in [1.165, 1.54) is 0 Å². The molecule has 0 atom stereocenters. The number of benzene rings is 1. The van der Waals surface area contributed by atoms with Crippen molar-refractivity contribution in [3.05, 3.63) is 23.8 Å². The lowest BCUT2D eigenvalue weighted by Crippen LogP contribution is -2.34. The lowest BCUT2D eigenvalue weighted by atomic mass is 9.77. The van der Waals surface area contributed by atoms with E-state index in [9.17, 15) is 5.11 Å². The highest BCUT2D eigenvalue weighted by atomic mass is 16.5. The van der Waals surface area contributed by atoms with Crippen LogP contribution in [0, 0.1) is 0 Å². The minimum Gasteiger partial charge on any atom is -0.496 e. The molecule has 0 amide bonds. The number of aliphatic hydroxyl groups is 1. The number of ether oxygens (including phenoxy) is 3. The third-order valence-electron chi connectivity index (χ3n) is 3.99. The van der Waals surface area contributed by atoms with Crippen LogP contribution in [0.5, 0.6) is 11.5 Å². The van der Waals surface area contributed by atoms with Crippen molar-refractivity contribution < 1.29 is 19.3 Å². The average molecular weight is 266 g/mol. The van der Waals surface area contributed by atoms with Crippen molar-refractivity contribution in [1.82, 2.24) is 0 Å². The number of hydrogen-bond acceptors (Lipinski definition) is 4. The van der Waals surface area contributed by atoms with E-state index in [0.29, 0.717) is 24.3 Å². The van der Waals surface area contributed by atoms with Crippen LogP contribution in [-0.2, 0) is 10.3 Å². The van der Waals surface area contributed by atoms with Gasteiger partial charge in [-0.05, 0) is 37.8 Å². The molecule has 0 heterocycles. The lowest BCUT2D eigenvalue weighted by Gasteiger charge is -2.37. The van der Waals surface area contributed by atoms with E-state index >= 15 is 0 Å². The maximum absolute atomic E-state index is 11.0. The van der Waals surface area contributed by atoms with Gasteiger partial charge in [-0.25, -0.2) is 0 Å². The van der Waals surface area contributed by atoms with Crippen molar-refractivity contribution in [2.75, 3.05) is 21.3 Å². The van der Waals surface area contributed by atoms with Gasteiger partial charge in [0.15, 0.2) is 0 Å². The first kappa shape index (κ1) is 14.2. The second-order valence-electron chi connectivity index (χ2n) is 5.00. The van der Waals surface area contributed by atoms with Crippen LogP contribution in [0.25, 0.3) is 0 Å². The topological polar surface area (TPSA) is 47.9 Å². The zero-order chi connectivity index (χ0) is 13.9. The second-order valence-corrected chi connectivity index (χ2v) is 5.00. The summed E-state index contributed by atoms with van der Waals surface area (Å²) in [6.07, 6.45) is 3.23. The third-order valence-corrected chi connectivity index (χ3v) is 3.99. The summed E-state index contributed by atoms with van der Waals surface area (Å²) in [5, 5.41) is 11.0. The third kappa shape index (κ3) is 2.69. The van der Waals surface area contributed by atoms with Crippen LogP contribution in [0.15, 0.2) is 18.2 Å². The molecule has 1 aromatic carbocycles. The molecule has 1 aliphatic carbocycles. The molecule has 1 fully saturated rings. The van der Waals surface area contributed by atoms with E-state index in [-0.39, 0.29) is 6.10 Å². The molecule has 4 nitrogen and oxygen atoms in total. The summed E-state index contributed by atoms with van der Waals surface area (Å²) in [4.78, 5) is 0. The van der Waals surface area contributed by atoms with Gasteiger partial charge in [0, 0.05) is 7.11 Å². The van der Waals surface area contributed by atoms with Crippen LogP contribution in [-0.4, -0.2) is 32.5 Å². The molecule has 0 bridgehead atoms. The molecule has 0 unspecified atom stereocenters. The predicted octanol–water partition coefficient (Wildman–Crippen LogP) is 2.48. The minimum absolute atomic E-state index is 0.237. The molecular weight excluding hydrogens is 244 g/mol. The van der Waals surface area contributed by atoms with Crippen LogP contribution < -0.4 is 9.47 Å². The molecule has 1 saturated carbocycles. The Balaban J connectivity index is 2.35. The van der Waals surface area contributed by atoms with Crippen molar-refractivity contribution in [1.29, 1.82) is 0 Å². The van der Waals surface area contributed by atoms with Crippen molar-refractivity contribution >= 4 is 0 Å². The maximum Gasteiger partial charge on any atom is 0.128 e. The SMILES string of the molecule is COc1cccc(OC)c1C1(O)CCC(OC)CC1. The Morgan fingerprint density at radius 3 is 2.00 bits per heavy atom. The van der Waals surface area contributed by atoms with Crippen molar-refractivity contribution in [2.24, 2.45) is 0 Å². The number of hydrogen-bond donors (Lipinski definition) is 1. The van der Waals surface area contributed by atoms with Gasteiger partial charge in [0.2, 0.25) is 0 Å². The van der Waals surface area contributed by atoms with E-state index in [4.69, 9.17) is 14.2 Å². The van der Waals surface area contributed by atoms with Crippen LogP contribution in [0.4, 0.5) is 0 Å². The zero-order valence-corrected chi connectivity index (χ0v) is 11.8. The van der Waals surface area contributed by atoms with Crippen LogP contribution in [0.3, 0.4) is 0 Å². The highest BCUT2D eigenvalue weighted by molar-refractivity contribution is 5.48. The van der Waals surface area contributed by atoms with Gasteiger partial charge in [-0.2, -0.15) is 0 Å². The maximum atomic E-state index is 11.0. The van der Waals surface area contributed by atoms with Gasteiger partial charge < -0.3 is 19.3 Å². The lowest BCUT2D eigenvalue weighted by molar-refractivity contribution is -0.0497. The quantitative estimate of drug-likeness (QED) is 0.909. The molecule has 106 valence electrons. The summed E-state index contributed by atoms with van der Waals surface area (Å²) in [5.74, 6) is 1.36. The number of methoxy groups -OCH3 is 3. The van der Waals surface area contributed by atoms with Gasteiger partial charge in [-0.15, -0.1) is 0 Å². The molecule has 0 radical (unpaired) electrons. The summed E-state index contributed by atoms with van der Waals surface area (Å²) in [5.41, 5.74) is -0.137. The first-order chi connectivity index (χ1) is 9.14. The first-order valence-corrected chi connectivity index (χ1v) is 6.61. The Bertz CT molecular complexity index is 400. The van der Waals surface area contributed by atoms with Crippen molar-refractivity contribution in [3.63, 3.8) is 0 Å². The molecule has 0 saturated heterocycles. The normalized spacial score (nSPS) is 27.1. The fourth-order valence-electron chi connectivity index (χ4n) is 2.86. The van der Waals surface area contributed by atoms with Crippen molar-refractivity contribution in [2.45, 2.75) is 37.4 Å². The molecule has 0 spiro atoms. The summed E-state index contributed by atoms with van der Waals surface area (Å²) in [6, 6.07) is 5.59. The van der Waals surface area contributed by atoms with E-state index in [1.807, 2.05) is 18.2 Å². The first-order valence-electron chi connectivity index (χ1n) is 6.61. The average Bonchev–Trinajstić information content (AvgIpc) is 2.47. The molecular formula is C15H22O4. The largest absolute Gasteiger partial charge is 0.496 e. The molecule has 1 aromatic rings. The summed E-state index contributed by atoms with van der Waals surface area (Å²) >= 11 is 0. The van der Waals surface area contributed by atoms with Gasteiger partial charge in [-0.1, -0.05) is 6.07 Å². The number of rotatable bonds is 4. The summed E-state index contributed by atoms with van der Waals surface area (Å²) in [6.45, 7) is 0. The molecule has 1 aliphatic rings. The van der Waals surface area contributed by atoms with E-state index in [2.05, 4.69) is 0 Å². The zero-order valence-electron chi connectivity index (χ0n) is 11.8. The van der Waals surface area contributed by atoms with Gasteiger partial charge in [0.1, 0.15) is 11.5 Å². The highest BCUT2D eigenvalue weighted by Crippen LogP contribution is 2.45. The molecule has 4 heteroatoms. The van der Waals surface area contributed by atoms with E-state index < -0.39 is 5.60 Å². The Morgan fingerprint density at radius 2 is 1.58 bits per heavy atom. The van der Waals surface area contributed by atoms with Gasteiger partial charge >= 0.3 is 0 Å². The smallest absolute Gasteiger partial charge is 0.128 e. The molecule has 0 aliphatic heterocycles. The Kier molecular flexibility index (Phi) is 4.32. The monoisotopic (exact) mass is 266 g/mol. The Morgan fingerprint density at radius 1 is 1.05 bits per heavy atom. The van der Waals surface area contributed by atoms with Crippen molar-refractivity contribution in [3.8, 4) is 11.5 Å². The Labute approximate surface area is 114 Å². The Hall–Kier alpha value is -1.26. The highest BCUT2D eigenvalue weighted by Gasteiger charge is 2.39. The summed E-state index contributed by atoms with van der Waals surface area (Å²) in [7, 11) is 4.95. The van der Waals surface area contributed by atoms with E-state index in [0.717, 1.165) is 18.4 Å². The minimum atomic E-state index is -0.896. The van der Waals surface area contributed by atoms with Crippen LogP contribution in [0.1, 0.15) is 31.2 Å². The fraction of sp³-hybridized carbons (Fsp3) is 0.600. The molecule has 19 heavy (non-hydrogen) atoms. The molecule has 0 aromatic heterocycles. The standard InChI is InChI=1S/C15H22O4/c1-17-11-7-9-15(16,10-8-11)14-12(18-2)5-4-6-13(14)19-3/h4-6,11,16H,7-10H2,1-3H3. The fourth-order valence-corrected chi connectivity index (χ4v) is 2.86. The van der Waals surface area contributed by atoms with Crippen LogP contribution in [0.2, 0.25) is 0 Å². The molecule has 2 rings (SSSR count). The van der Waals surface area contributed by atoms with Gasteiger partial charge in [-0.3, -0.25) is 0 Å². The van der Waals surface area contributed by atoms with Gasteiger partial charge in [0.25, 0.3) is 0 Å².